The molecule has 4 aromatic rings. The molecule has 0 bridgehead atoms. The van der Waals surface area contributed by atoms with E-state index in [9.17, 15) is 8.42 Å². The summed E-state index contributed by atoms with van der Waals surface area (Å²) in [5.41, 5.74) is 0.929. The molecule has 134 valence electrons. The molecule has 0 unspecified atom stereocenters. The van der Waals surface area contributed by atoms with Gasteiger partial charge in [-0.15, -0.1) is 27.8 Å². The van der Waals surface area contributed by atoms with E-state index in [0.717, 1.165) is 20.0 Å². The number of benzene rings is 1. The van der Waals surface area contributed by atoms with E-state index in [1.807, 2.05) is 22.9 Å². The molecule has 0 amide bonds. The average Bonchev–Trinajstić information content (AvgIpc) is 3.32. The Bertz CT molecular complexity index is 1130. The van der Waals surface area contributed by atoms with Crippen molar-refractivity contribution in [1.82, 2.24) is 19.3 Å². The molecule has 10 heteroatoms. The first-order valence-electron chi connectivity index (χ1n) is 7.65. The summed E-state index contributed by atoms with van der Waals surface area (Å²) < 4.78 is 29.9. The van der Waals surface area contributed by atoms with Crippen molar-refractivity contribution in [2.45, 2.75) is 11.3 Å². The molecule has 0 saturated carbocycles. The molecule has 0 saturated heterocycles. The SMILES string of the molecule is O=S(=O)(NCCc1csc2nc(-c3cccs3)nn12)c1ccc(Br)cc1. The molecule has 0 radical (unpaired) electrons. The molecular weight excluding hydrogens is 456 g/mol. The zero-order valence-electron chi connectivity index (χ0n) is 13.3. The maximum absolute atomic E-state index is 12.3. The summed E-state index contributed by atoms with van der Waals surface area (Å²) in [4.78, 5) is 6.59. The zero-order chi connectivity index (χ0) is 18.1. The van der Waals surface area contributed by atoms with E-state index in [1.165, 1.54) is 11.3 Å². The second kappa shape index (κ2) is 7.20. The topological polar surface area (TPSA) is 76.4 Å². The number of hydrogen-bond acceptors (Lipinski definition) is 6. The van der Waals surface area contributed by atoms with Gasteiger partial charge in [0.05, 0.1) is 15.5 Å². The zero-order valence-corrected chi connectivity index (χ0v) is 17.3. The Kier molecular flexibility index (Phi) is 4.93. The molecule has 0 aliphatic rings. The molecular formula is C16H13BrN4O2S3. The van der Waals surface area contributed by atoms with Gasteiger partial charge in [-0.2, -0.15) is 4.98 Å². The van der Waals surface area contributed by atoms with E-state index < -0.39 is 10.0 Å². The van der Waals surface area contributed by atoms with Crippen molar-refractivity contribution < 1.29 is 8.42 Å². The van der Waals surface area contributed by atoms with Gasteiger partial charge in [0.2, 0.25) is 15.0 Å². The number of nitrogens with zero attached hydrogens (tertiary/aromatic N) is 3. The van der Waals surface area contributed by atoms with Crippen LogP contribution in [0.25, 0.3) is 15.7 Å². The molecule has 4 rings (SSSR count). The van der Waals surface area contributed by atoms with E-state index in [4.69, 9.17) is 0 Å². The number of thiazole rings is 1. The first-order valence-corrected chi connectivity index (χ1v) is 11.7. The Morgan fingerprint density at radius 1 is 1.15 bits per heavy atom. The van der Waals surface area contributed by atoms with Gasteiger partial charge in [-0.25, -0.2) is 17.7 Å². The number of aromatic nitrogens is 3. The minimum atomic E-state index is -3.52. The van der Waals surface area contributed by atoms with E-state index in [0.29, 0.717) is 18.8 Å². The fourth-order valence-electron chi connectivity index (χ4n) is 2.42. The number of sulfonamides is 1. The number of hydrogen-bond donors (Lipinski definition) is 1. The Morgan fingerprint density at radius 3 is 2.69 bits per heavy atom. The smallest absolute Gasteiger partial charge is 0.211 e. The minimum absolute atomic E-state index is 0.247. The van der Waals surface area contributed by atoms with Crippen molar-refractivity contribution in [2.75, 3.05) is 6.54 Å². The maximum atomic E-state index is 12.3. The fraction of sp³-hybridized carbons (Fsp3) is 0.125. The fourth-order valence-corrected chi connectivity index (χ4v) is 5.22. The van der Waals surface area contributed by atoms with Gasteiger partial charge >= 0.3 is 0 Å². The second-order valence-corrected chi connectivity index (χ2v) is 9.90. The standard InChI is InChI=1S/C16H13BrN4O2S3/c17-11-3-5-13(6-4-11)26(22,23)18-8-7-12-10-25-16-19-15(20-21(12)16)14-2-1-9-24-14/h1-6,9-10,18H,7-8H2. The van der Waals surface area contributed by atoms with Crippen LogP contribution in [-0.4, -0.2) is 29.6 Å². The van der Waals surface area contributed by atoms with Gasteiger partial charge in [0.25, 0.3) is 0 Å². The first-order chi connectivity index (χ1) is 12.5. The normalized spacial score (nSPS) is 12.0. The second-order valence-electron chi connectivity index (χ2n) is 5.44. The van der Waals surface area contributed by atoms with Crippen LogP contribution in [0.2, 0.25) is 0 Å². The van der Waals surface area contributed by atoms with Crippen LogP contribution in [0, 0.1) is 0 Å². The third kappa shape index (κ3) is 3.60. The third-order valence-corrected chi connectivity index (χ3v) is 7.42. The first kappa shape index (κ1) is 17.8. The molecule has 1 aromatic carbocycles. The van der Waals surface area contributed by atoms with Crippen LogP contribution in [0.1, 0.15) is 5.69 Å². The van der Waals surface area contributed by atoms with Gasteiger partial charge in [-0.3, -0.25) is 0 Å². The Balaban J connectivity index is 1.47. The molecule has 0 aliphatic heterocycles. The monoisotopic (exact) mass is 468 g/mol. The van der Waals surface area contributed by atoms with Gasteiger partial charge in [-0.1, -0.05) is 22.0 Å². The number of fused-ring (bicyclic) bond motifs is 1. The molecule has 0 aliphatic carbocycles. The summed E-state index contributed by atoms with van der Waals surface area (Å²) in [6.07, 6.45) is 0.531. The summed E-state index contributed by atoms with van der Waals surface area (Å²) in [7, 11) is -3.52. The molecule has 26 heavy (non-hydrogen) atoms. The van der Waals surface area contributed by atoms with Gasteiger partial charge in [0, 0.05) is 22.8 Å². The van der Waals surface area contributed by atoms with Crippen LogP contribution >= 0.6 is 38.6 Å². The van der Waals surface area contributed by atoms with Crippen molar-refractivity contribution in [3.63, 3.8) is 0 Å². The molecule has 6 nitrogen and oxygen atoms in total. The molecule has 0 fully saturated rings. The number of halogens is 1. The molecule has 3 aromatic heterocycles. The van der Waals surface area contributed by atoms with Crippen molar-refractivity contribution in [3.05, 3.63) is 57.3 Å². The van der Waals surface area contributed by atoms with Crippen molar-refractivity contribution in [2.24, 2.45) is 0 Å². The van der Waals surface area contributed by atoms with Crippen LogP contribution in [0.4, 0.5) is 0 Å². The largest absolute Gasteiger partial charge is 0.240 e. The highest BCUT2D eigenvalue weighted by molar-refractivity contribution is 9.10. The van der Waals surface area contributed by atoms with E-state index in [1.54, 1.807) is 40.1 Å². The Labute approximate surface area is 166 Å². The van der Waals surface area contributed by atoms with Gasteiger partial charge in [-0.05, 0) is 35.7 Å². The average molecular weight is 469 g/mol. The Hall–Kier alpha value is -1.59. The number of thiophene rings is 1. The molecule has 0 spiro atoms. The highest BCUT2D eigenvalue weighted by Crippen LogP contribution is 2.24. The Morgan fingerprint density at radius 2 is 1.96 bits per heavy atom. The predicted octanol–water partition coefficient (Wildman–Crippen LogP) is 3.80. The lowest BCUT2D eigenvalue weighted by atomic mass is 10.3. The lowest BCUT2D eigenvalue weighted by molar-refractivity contribution is 0.581. The van der Waals surface area contributed by atoms with Crippen LogP contribution in [0.5, 0.6) is 0 Å². The summed E-state index contributed by atoms with van der Waals surface area (Å²) in [5, 5.41) is 8.49. The summed E-state index contributed by atoms with van der Waals surface area (Å²) in [6, 6.07) is 10.5. The van der Waals surface area contributed by atoms with Crippen LogP contribution in [0.15, 0.2) is 56.5 Å². The molecule has 0 atom stereocenters. The van der Waals surface area contributed by atoms with Crippen LogP contribution in [-0.2, 0) is 16.4 Å². The van der Waals surface area contributed by atoms with E-state index in [2.05, 4.69) is 30.7 Å². The number of nitrogens with one attached hydrogen (secondary N) is 1. The minimum Gasteiger partial charge on any atom is -0.211 e. The summed E-state index contributed by atoms with van der Waals surface area (Å²) in [5.74, 6) is 0.698. The van der Waals surface area contributed by atoms with Crippen molar-refractivity contribution in [3.8, 4) is 10.7 Å². The highest BCUT2D eigenvalue weighted by Gasteiger charge is 2.15. The van der Waals surface area contributed by atoms with E-state index in [-0.39, 0.29) is 4.90 Å². The maximum Gasteiger partial charge on any atom is 0.240 e. The van der Waals surface area contributed by atoms with Crippen molar-refractivity contribution >= 4 is 53.6 Å². The highest BCUT2D eigenvalue weighted by atomic mass is 79.9. The predicted molar refractivity (Wildman–Crippen MR) is 107 cm³/mol. The third-order valence-electron chi connectivity index (χ3n) is 3.69. The lowest BCUT2D eigenvalue weighted by Crippen LogP contribution is -2.26. The van der Waals surface area contributed by atoms with Gasteiger partial charge < -0.3 is 0 Å². The number of rotatable bonds is 6. The van der Waals surface area contributed by atoms with Gasteiger partial charge in [0.15, 0.2) is 5.82 Å². The van der Waals surface area contributed by atoms with Crippen LogP contribution in [0.3, 0.4) is 0 Å². The van der Waals surface area contributed by atoms with Crippen molar-refractivity contribution in [1.29, 1.82) is 0 Å². The lowest BCUT2D eigenvalue weighted by Gasteiger charge is -2.06. The van der Waals surface area contributed by atoms with Crippen LogP contribution < -0.4 is 4.72 Å². The molecule has 3 heterocycles. The summed E-state index contributed by atoms with van der Waals surface area (Å²) >= 11 is 6.39. The van der Waals surface area contributed by atoms with Gasteiger partial charge in [0.1, 0.15) is 0 Å². The summed E-state index contributed by atoms with van der Waals surface area (Å²) in [6.45, 7) is 0.290. The van der Waals surface area contributed by atoms with E-state index >= 15 is 0 Å². The molecule has 1 N–H and O–H groups in total. The quantitative estimate of drug-likeness (QED) is 0.466.